The molecule has 1 aliphatic rings. The van der Waals surface area contributed by atoms with Gasteiger partial charge in [-0.2, -0.15) is 0 Å². The highest BCUT2D eigenvalue weighted by Crippen LogP contribution is 2.41. The van der Waals surface area contributed by atoms with Gasteiger partial charge >= 0.3 is 5.97 Å². The number of rotatable bonds is 3. The van der Waals surface area contributed by atoms with E-state index in [0.717, 1.165) is 11.8 Å². The third-order valence-electron chi connectivity index (χ3n) is 4.78. The summed E-state index contributed by atoms with van der Waals surface area (Å²) in [4.78, 5) is 12.0. The number of carboxylic acid groups (broad SMARTS) is 1. The van der Waals surface area contributed by atoms with E-state index in [4.69, 9.17) is 4.42 Å². The summed E-state index contributed by atoms with van der Waals surface area (Å²) in [6.07, 6.45) is 2.89. The molecule has 0 saturated heterocycles. The average molecular weight is 401 g/mol. The van der Waals surface area contributed by atoms with Crippen LogP contribution in [0.15, 0.2) is 46.9 Å². The van der Waals surface area contributed by atoms with E-state index in [2.05, 4.69) is 0 Å². The van der Waals surface area contributed by atoms with Crippen molar-refractivity contribution >= 4 is 38.2 Å². The molecule has 0 amide bonds. The molecule has 8 heteroatoms. The molecule has 1 aromatic heterocycles. The number of aromatic carboxylic acids is 1. The molecule has 0 saturated carbocycles. The van der Waals surface area contributed by atoms with Gasteiger partial charge in [0.05, 0.1) is 18.5 Å². The van der Waals surface area contributed by atoms with Crippen LogP contribution < -0.4 is 4.31 Å². The first-order chi connectivity index (χ1) is 13.2. The topological polar surface area (TPSA) is 87.8 Å². The molecule has 0 bridgehead atoms. The fraction of sp³-hybridized carbons (Fsp3) is 0.150. The first-order valence-corrected chi connectivity index (χ1v) is 10.3. The van der Waals surface area contributed by atoms with Crippen molar-refractivity contribution < 1.29 is 27.1 Å². The zero-order chi connectivity index (χ0) is 20.2. The van der Waals surface area contributed by atoms with Gasteiger partial charge in [0, 0.05) is 22.6 Å². The number of carbonyl (C=O) groups is 1. The predicted octanol–water partition coefficient (Wildman–Crippen LogP) is 4.12. The summed E-state index contributed by atoms with van der Waals surface area (Å²) in [5, 5.41) is 10.1. The smallest absolute Gasteiger partial charge is 0.340 e. The van der Waals surface area contributed by atoms with Gasteiger partial charge in [-0.25, -0.2) is 17.6 Å². The number of allylic oxidation sites excluding steroid dienone is 1. The predicted molar refractivity (Wildman–Crippen MR) is 104 cm³/mol. The quantitative estimate of drug-likeness (QED) is 0.713. The Hall–Kier alpha value is -3.13. The second kappa shape index (κ2) is 6.20. The van der Waals surface area contributed by atoms with Crippen LogP contribution in [0.1, 0.15) is 22.8 Å². The minimum Gasteiger partial charge on any atom is -0.478 e. The number of sulfonamides is 1. The third-order valence-corrected chi connectivity index (χ3v) is 5.93. The van der Waals surface area contributed by atoms with Crippen LogP contribution in [0.25, 0.3) is 27.9 Å². The normalized spacial score (nSPS) is 14.1. The van der Waals surface area contributed by atoms with Gasteiger partial charge in [-0.05, 0) is 42.8 Å². The standard InChI is InChI=1S/C20H16FNO5S/c1-11-7-8-22(28(2,25)26)16-10-17-15(9-14(11)16)18(20(23)24)19(27-17)12-3-5-13(21)6-4-12/h3-7,9-10H,8H2,1-2H3,(H,23,24). The van der Waals surface area contributed by atoms with Gasteiger partial charge in [-0.1, -0.05) is 6.08 Å². The number of hydrogen-bond donors (Lipinski definition) is 1. The molecule has 2 aromatic carbocycles. The summed E-state index contributed by atoms with van der Waals surface area (Å²) in [7, 11) is -3.52. The van der Waals surface area contributed by atoms with E-state index in [1.165, 1.54) is 28.6 Å². The van der Waals surface area contributed by atoms with Crippen molar-refractivity contribution in [2.45, 2.75) is 6.92 Å². The maximum atomic E-state index is 13.3. The van der Waals surface area contributed by atoms with Crippen LogP contribution in [0.2, 0.25) is 0 Å². The first kappa shape index (κ1) is 18.2. The summed E-state index contributed by atoms with van der Waals surface area (Å²) in [6, 6.07) is 8.49. The highest BCUT2D eigenvalue weighted by Gasteiger charge is 2.28. The molecule has 1 N–H and O–H groups in total. The summed E-state index contributed by atoms with van der Waals surface area (Å²) < 4.78 is 44.6. The lowest BCUT2D eigenvalue weighted by Gasteiger charge is -2.28. The number of hydrogen-bond acceptors (Lipinski definition) is 4. The lowest BCUT2D eigenvalue weighted by molar-refractivity contribution is 0.0699. The van der Waals surface area contributed by atoms with Crippen LogP contribution in [0.5, 0.6) is 0 Å². The zero-order valence-corrected chi connectivity index (χ0v) is 15.9. The minimum absolute atomic E-state index is 0.0475. The van der Waals surface area contributed by atoms with Crippen LogP contribution in [0, 0.1) is 5.82 Å². The van der Waals surface area contributed by atoms with E-state index < -0.39 is 21.8 Å². The summed E-state index contributed by atoms with van der Waals surface area (Å²) in [5.74, 6) is -1.54. The van der Waals surface area contributed by atoms with Crippen LogP contribution in [0.4, 0.5) is 10.1 Å². The van der Waals surface area contributed by atoms with Crippen molar-refractivity contribution in [3.63, 3.8) is 0 Å². The van der Waals surface area contributed by atoms with Crippen molar-refractivity contribution in [3.05, 3.63) is 59.4 Å². The second-order valence-electron chi connectivity index (χ2n) is 6.66. The molecule has 1 aliphatic heterocycles. The third kappa shape index (κ3) is 2.86. The SMILES string of the molecule is CC1=CCN(S(C)(=O)=O)c2cc3oc(-c4ccc(F)cc4)c(C(=O)O)c3cc21. The van der Waals surface area contributed by atoms with E-state index in [9.17, 15) is 22.7 Å². The fourth-order valence-corrected chi connectivity index (χ4v) is 4.27. The second-order valence-corrected chi connectivity index (χ2v) is 8.57. The van der Waals surface area contributed by atoms with E-state index in [0.29, 0.717) is 22.2 Å². The van der Waals surface area contributed by atoms with Crippen molar-refractivity contribution in [2.75, 3.05) is 17.1 Å². The largest absolute Gasteiger partial charge is 0.478 e. The van der Waals surface area contributed by atoms with E-state index in [-0.39, 0.29) is 23.5 Å². The minimum atomic E-state index is -3.52. The van der Waals surface area contributed by atoms with Gasteiger partial charge in [-0.3, -0.25) is 4.31 Å². The Morgan fingerprint density at radius 2 is 1.89 bits per heavy atom. The molecule has 3 aromatic rings. The van der Waals surface area contributed by atoms with Crippen molar-refractivity contribution in [3.8, 4) is 11.3 Å². The Labute approximate surface area is 160 Å². The first-order valence-electron chi connectivity index (χ1n) is 8.41. The van der Waals surface area contributed by atoms with Gasteiger partial charge in [0.15, 0.2) is 0 Å². The van der Waals surface area contributed by atoms with Crippen LogP contribution in [0.3, 0.4) is 0 Å². The molecule has 0 aliphatic carbocycles. The van der Waals surface area contributed by atoms with E-state index in [1.54, 1.807) is 18.2 Å². The van der Waals surface area contributed by atoms with Gasteiger partial charge in [-0.15, -0.1) is 0 Å². The summed E-state index contributed by atoms with van der Waals surface area (Å²) in [5.41, 5.74) is 2.52. The maximum absolute atomic E-state index is 13.3. The molecular weight excluding hydrogens is 385 g/mol. The number of halogens is 1. The molecule has 144 valence electrons. The lowest BCUT2D eigenvalue weighted by atomic mass is 9.97. The van der Waals surface area contributed by atoms with Crippen LogP contribution in [-0.4, -0.2) is 32.3 Å². The monoisotopic (exact) mass is 401 g/mol. The molecule has 28 heavy (non-hydrogen) atoms. The highest BCUT2D eigenvalue weighted by atomic mass is 32.2. The van der Waals surface area contributed by atoms with E-state index in [1.807, 2.05) is 6.92 Å². The maximum Gasteiger partial charge on any atom is 0.340 e. The molecule has 2 heterocycles. The van der Waals surface area contributed by atoms with Crippen molar-refractivity contribution in [1.29, 1.82) is 0 Å². The number of benzene rings is 2. The number of carboxylic acids is 1. The van der Waals surface area contributed by atoms with Gasteiger partial charge in [0.1, 0.15) is 22.7 Å². The average Bonchev–Trinajstić information content (AvgIpc) is 2.98. The Morgan fingerprint density at radius 3 is 2.50 bits per heavy atom. The number of furan rings is 1. The number of fused-ring (bicyclic) bond motifs is 2. The number of nitrogens with zero attached hydrogens (tertiary/aromatic N) is 1. The van der Waals surface area contributed by atoms with Crippen molar-refractivity contribution in [1.82, 2.24) is 0 Å². The van der Waals surface area contributed by atoms with Crippen molar-refractivity contribution in [2.24, 2.45) is 0 Å². The molecule has 0 radical (unpaired) electrons. The van der Waals surface area contributed by atoms with Gasteiger partial charge < -0.3 is 9.52 Å². The molecule has 0 spiro atoms. The lowest BCUT2D eigenvalue weighted by Crippen LogP contribution is -2.32. The molecule has 0 fully saturated rings. The molecular formula is C20H16FNO5S. The molecule has 4 rings (SSSR count). The van der Waals surface area contributed by atoms with E-state index >= 15 is 0 Å². The number of anilines is 1. The van der Waals surface area contributed by atoms with Crippen LogP contribution >= 0.6 is 0 Å². The molecule has 0 unspecified atom stereocenters. The Bertz CT molecular complexity index is 1260. The van der Waals surface area contributed by atoms with Gasteiger partial charge in [0.2, 0.25) is 10.0 Å². The highest BCUT2D eigenvalue weighted by molar-refractivity contribution is 7.92. The fourth-order valence-electron chi connectivity index (χ4n) is 3.41. The molecule has 6 nitrogen and oxygen atoms in total. The zero-order valence-electron chi connectivity index (χ0n) is 15.1. The Morgan fingerprint density at radius 1 is 1.21 bits per heavy atom. The Balaban J connectivity index is 2.03. The Kier molecular flexibility index (Phi) is 4.04. The summed E-state index contributed by atoms with van der Waals surface area (Å²) >= 11 is 0. The molecule has 0 atom stereocenters. The van der Waals surface area contributed by atoms with Gasteiger partial charge in [0.25, 0.3) is 0 Å². The summed E-state index contributed by atoms with van der Waals surface area (Å²) in [6.45, 7) is 2.03. The van der Waals surface area contributed by atoms with Crippen LogP contribution in [-0.2, 0) is 10.0 Å².